The monoisotopic (exact) mass is 289 g/mol. The summed E-state index contributed by atoms with van der Waals surface area (Å²) >= 11 is 0. The first-order chi connectivity index (χ1) is 9.89. The predicted molar refractivity (Wildman–Crippen MR) is 87.5 cm³/mol. The number of carbonyl (C=O) groups excluding carboxylic acids is 1. The lowest BCUT2D eigenvalue weighted by Crippen LogP contribution is -2.36. The smallest absolute Gasteiger partial charge is 0.319 e. The topological polar surface area (TPSA) is 53.2 Å². The number of urea groups is 1. The highest BCUT2D eigenvalue weighted by atomic mass is 16.2. The molecule has 2 amide bonds. The van der Waals surface area contributed by atoms with Crippen LogP contribution in [0.25, 0.3) is 0 Å². The van der Waals surface area contributed by atoms with E-state index in [2.05, 4.69) is 36.7 Å². The van der Waals surface area contributed by atoms with Gasteiger partial charge >= 0.3 is 6.03 Å². The molecule has 0 bridgehead atoms. The van der Waals surface area contributed by atoms with E-state index in [0.29, 0.717) is 17.5 Å². The van der Waals surface area contributed by atoms with Crippen molar-refractivity contribution in [2.24, 2.45) is 5.41 Å². The van der Waals surface area contributed by atoms with Gasteiger partial charge in [0, 0.05) is 17.8 Å². The molecule has 1 saturated carbocycles. The first-order valence-corrected chi connectivity index (χ1v) is 7.74. The van der Waals surface area contributed by atoms with E-state index in [1.165, 1.54) is 12.0 Å². The van der Waals surface area contributed by atoms with Crippen LogP contribution >= 0.6 is 0 Å². The highest BCUT2D eigenvalue weighted by Crippen LogP contribution is 2.36. The molecular weight excluding hydrogens is 262 g/mol. The van der Waals surface area contributed by atoms with Crippen molar-refractivity contribution in [3.05, 3.63) is 29.8 Å². The van der Waals surface area contributed by atoms with Crippen molar-refractivity contribution in [3.63, 3.8) is 0 Å². The van der Waals surface area contributed by atoms with E-state index in [1.54, 1.807) is 0 Å². The van der Waals surface area contributed by atoms with E-state index in [4.69, 9.17) is 0 Å². The Kier molecular flexibility index (Phi) is 4.88. The Hall–Kier alpha value is -1.55. The van der Waals surface area contributed by atoms with Crippen LogP contribution in [-0.2, 0) is 0 Å². The fraction of sp³-hybridized carbons (Fsp3) is 0.588. The Morgan fingerprint density at radius 3 is 2.48 bits per heavy atom. The van der Waals surface area contributed by atoms with Crippen molar-refractivity contribution in [3.8, 4) is 0 Å². The standard InChI is InChI=1S/C17H27N3O/c1-12(18-4)13-5-7-14(8-6-13)19-16(21)20-15-9-10-17(2,3)11-15/h5-8,12,15,18H,9-11H2,1-4H3,(H2,19,20,21). The van der Waals surface area contributed by atoms with E-state index in [9.17, 15) is 4.79 Å². The van der Waals surface area contributed by atoms with Gasteiger partial charge in [0.25, 0.3) is 0 Å². The predicted octanol–water partition coefficient (Wildman–Crippen LogP) is 3.67. The fourth-order valence-electron chi connectivity index (χ4n) is 2.93. The number of nitrogens with one attached hydrogen (secondary N) is 3. The van der Waals surface area contributed by atoms with Gasteiger partial charge in [-0.1, -0.05) is 26.0 Å². The lowest BCUT2D eigenvalue weighted by Gasteiger charge is -2.18. The second-order valence-electron chi connectivity index (χ2n) is 6.83. The zero-order valence-corrected chi connectivity index (χ0v) is 13.5. The molecule has 0 heterocycles. The van der Waals surface area contributed by atoms with Crippen molar-refractivity contribution in [1.82, 2.24) is 10.6 Å². The molecule has 21 heavy (non-hydrogen) atoms. The summed E-state index contributed by atoms with van der Waals surface area (Å²) in [6.07, 6.45) is 3.30. The molecule has 4 nitrogen and oxygen atoms in total. The van der Waals surface area contributed by atoms with Gasteiger partial charge in [-0.15, -0.1) is 0 Å². The highest BCUT2D eigenvalue weighted by Gasteiger charge is 2.31. The van der Waals surface area contributed by atoms with E-state index in [0.717, 1.165) is 18.5 Å². The van der Waals surface area contributed by atoms with Gasteiger partial charge in [0.2, 0.25) is 0 Å². The van der Waals surface area contributed by atoms with Gasteiger partial charge in [-0.25, -0.2) is 4.79 Å². The Labute approximate surface area is 127 Å². The molecule has 1 aromatic rings. The van der Waals surface area contributed by atoms with Gasteiger partial charge < -0.3 is 16.0 Å². The minimum atomic E-state index is -0.105. The number of amides is 2. The van der Waals surface area contributed by atoms with Gasteiger partial charge in [0.05, 0.1) is 0 Å². The molecule has 0 saturated heterocycles. The van der Waals surface area contributed by atoms with Crippen LogP contribution in [0.4, 0.5) is 10.5 Å². The van der Waals surface area contributed by atoms with Crippen LogP contribution < -0.4 is 16.0 Å². The number of hydrogen-bond donors (Lipinski definition) is 3. The summed E-state index contributed by atoms with van der Waals surface area (Å²) in [5.74, 6) is 0. The van der Waals surface area contributed by atoms with Crippen molar-refractivity contribution in [1.29, 1.82) is 0 Å². The van der Waals surface area contributed by atoms with Crippen LogP contribution in [0.15, 0.2) is 24.3 Å². The lowest BCUT2D eigenvalue weighted by atomic mass is 9.92. The molecule has 1 aromatic carbocycles. The number of benzene rings is 1. The average molecular weight is 289 g/mol. The van der Waals surface area contributed by atoms with Crippen LogP contribution in [0.1, 0.15) is 51.6 Å². The van der Waals surface area contributed by atoms with E-state index in [-0.39, 0.29) is 6.03 Å². The molecule has 0 aromatic heterocycles. The Balaban J connectivity index is 1.85. The summed E-state index contributed by atoms with van der Waals surface area (Å²) in [6.45, 7) is 6.62. The first-order valence-electron chi connectivity index (χ1n) is 7.74. The van der Waals surface area contributed by atoms with Crippen LogP contribution in [-0.4, -0.2) is 19.1 Å². The molecule has 1 aliphatic rings. The maximum atomic E-state index is 12.0. The minimum Gasteiger partial charge on any atom is -0.335 e. The molecule has 0 radical (unpaired) electrons. The summed E-state index contributed by atoms with van der Waals surface area (Å²) < 4.78 is 0. The van der Waals surface area contributed by atoms with Crippen molar-refractivity contribution >= 4 is 11.7 Å². The summed E-state index contributed by atoms with van der Waals surface area (Å²) in [6, 6.07) is 8.47. The Morgan fingerprint density at radius 2 is 1.95 bits per heavy atom. The maximum absolute atomic E-state index is 12.0. The van der Waals surface area contributed by atoms with Gasteiger partial charge in [0.15, 0.2) is 0 Å². The second kappa shape index (κ2) is 6.48. The number of carbonyl (C=O) groups is 1. The second-order valence-corrected chi connectivity index (χ2v) is 6.83. The molecule has 3 N–H and O–H groups in total. The Bertz CT molecular complexity index is 481. The molecule has 0 aliphatic heterocycles. The van der Waals surface area contributed by atoms with Crippen LogP contribution in [0.2, 0.25) is 0 Å². The Morgan fingerprint density at radius 1 is 1.29 bits per heavy atom. The molecule has 1 fully saturated rings. The van der Waals surface area contributed by atoms with Gasteiger partial charge in [-0.3, -0.25) is 0 Å². The van der Waals surface area contributed by atoms with E-state index < -0.39 is 0 Å². The SMILES string of the molecule is CNC(C)c1ccc(NC(=O)NC2CCC(C)(C)C2)cc1. The van der Waals surface area contributed by atoms with Gasteiger partial charge in [-0.2, -0.15) is 0 Å². The van der Waals surface area contributed by atoms with Crippen molar-refractivity contribution in [2.45, 2.75) is 52.1 Å². The minimum absolute atomic E-state index is 0.105. The summed E-state index contributed by atoms with van der Waals surface area (Å²) in [5.41, 5.74) is 2.39. The number of anilines is 1. The zero-order chi connectivity index (χ0) is 15.5. The highest BCUT2D eigenvalue weighted by molar-refractivity contribution is 5.89. The number of hydrogen-bond acceptors (Lipinski definition) is 2. The third-order valence-corrected chi connectivity index (χ3v) is 4.41. The van der Waals surface area contributed by atoms with Crippen LogP contribution in [0.3, 0.4) is 0 Å². The molecule has 1 aliphatic carbocycles. The van der Waals surface area contributed by atoms with Gasteiger partial charge in [0.1, 0.15) is 0 Å². The van der Waals surface area contributed by atoms with Crippen LogP contribution in [0.5, 0.6) is 0 Å². The zero-order valence-electron chi connectivity index (χ0n) is 13.5. The third-order valence-electron chi connectivity index (χ3n) is 4.41. The maximum Gasteiger partial charge on any atom is 0.319 e. The first kappa shape index (κ1) is 15.8. The number of rotatable bonds is 4. The van der Waals surface area contributed by atoms with Crippen molar-refractivity contribution < 1.29 is 4.79 Å². The summed E-state index contributed by atoms with van der Waals surface area (Å²) in [5, 5.41) is 9.18. The van der Waals surface area contributed by atoms with Gasteiger partial charge in [-0.05, 0) is 56.3 Å². The lowest BCUT2D eigenvalue weighted by molar-refractivity contribution is 0.247. The van der Waals surface area contributed by atoms with Crippen LogP contribution in [0, 0.1) is 5.41 Å². The van der Waals surface area contributed by atoms with E-state index >= 15 is 0 Å². The molecule has 2 unspecified atom stereocenters. The molecule has 2 rings (SSSR count). The molecule has 4 heteroatoms. The largest absolute Gasteiger partial charge is 0.335 e. The molecular formula is C17H27N3O. The van der Waals surface area contributed by atoms with Crippen molar-refractivity contribution in [2.75, 3.05) is 12.4 Å². The average Bonchev–Trinajstić information content (AvgIpc) is 2.77. The quantitative estimate of drug-likeness (QED) is 0.792. The normalized spacial score (nSPS) is 21.8. The molecule has 0 spiro atoms. The summed E-state index contributed by atoms with van der Waals surface area (Å²) in [4.78, 5) is 12.0. The summed E-state index contributed by atoms with van der Waals surface area (Å²) in [7, 11) is 1.94. The van der Waals surface area contributed by atoms with E-state index in [1.807, 2.05) is 31.3 Å². The fourth-order valence-corrected chi connectivity index (χ4v) is 2.93. The third kappa shape index (κ3) is 4.46. The molecule has 116 valence electrons. The molecule has 2 atom stereocenters.